The molecular formula is C15H26N2OS2. The van der Waals surface area contributed by atoms with Crippen LogP contribution in [0.3, 0.4) is 0 Å². The van der Waals surface area contributed by atoms with E-state index in [-0.39, 0.29) is 0 Å². The van der Waals surface area contributed by atoms with E-state index in [0.717, 1.165) is 29.8 Å². The Bertz CT molecular complexity index is 389. The lowest BCUT2D eigenvalue weighted by Crippen LogP contribution is -2.14. The number of nitrogens with zero attached hydrogens (tertiary/aromatic N) is 1. The minimum atomic E-state index is 0.633. The molecule has 1 aromatic heterocycles. The number of hydrogen-bond acceptors (Lipinski definition) is 5. The van der Waals surface area contributed by atoms with E-state index in [1.807, 2.05) is 11.3 Å². The van der Waals surface area contributed by atoms with Gasteiger partial charge in [-0.3, -0.25) is 0 Å². The summed E-state index contributed by atoms with van der Waals surface area (Å²) in [4.78, 5) is 6.12. The minimum absolute atomic E-state index is 0.633. The molecule has 0 unspecified atom stereocenters. The number of methoxy groups -OCH3 is 1. The summed E-state index contributed by atoms with van der Waals surface area (Å²) in [5.74, 6) is 1.07. The molecule has 20 heavy (non-hydrogen) atoms. The first-order valence-corrected chi connectivity index (χ1v) is 9.48. The Morgan fingerprint density at radius 3 is 2.90 bits per heavy atom. The van der Waals surface area contributed by atoms with Crippen molar-refractivity contribution >= 4 is 23.1 Å². The molecule has 0 aliphatic heterocycles. The van der Waals surface area contributed by atoms with Crippen LogP contribution in [0.5, 0.6) is 0 Å². The van der Waals surface area contributed by atoms with Crippen LogP contribution in [0.15, 0.2) is 0 Å². The molecule has 114 valence electrons. The van der Waals surface area contributed by atoms with Crippen LogP contribution in [0.1, 0.15) is 54.6 Å². The van der Waals surface area contributed by atoms with Crippen molar-refractivity contribution in [1.82, 2.24) is 10.3 Å². The van der Waals surface area contributed by atoms with Crippen LogP contribution in [0.25, 0.3) is 0 Å². The number of thioether (sulfide) groups is 1. The van der Waals surface area contributed by atoms with Gasteiger partial charge in [0.15, 0.2) is 0 Å². The Morgan fingerprint density at radius 1 is 1.40 bits per heavy atom. The number of thiazole rings is 1. The summed E-state index contributed by atoms with van der Waals surface area (Å²) in [6, 6.07) is 0. The zero-order valence-electron chi connectivity index (χ0n) is 12.6. The van der Waals surface area contributed by atoms with E-state index in [4.69, 9.17) is 9.72 Å². The van der Waals surface area contributed by atoms with Crippen molar-refractivity contribution in [2.45, 2.75) is 63.2 Å². The van der Waals surface area contributed by atoms with Crippen LogP contribution >= 0.6 is 23.1 Å². The van der Waals surface area contributed by atoms with Crippen LogP contribution in [0.2, 0.25) is 0 Å². The van der Waals surface area contributed by atoms with Gasteiger partial charge in [0, 0.05) is 29.5 Å². The molecule has 1 N–H and O–H groups in total. The van der Waals surface area contributed by atoms with E-state index in [1.165, 1.54) is 42.0 Å². The number of nitrogens with one attached hydrogen (secondary N) is 1. The fourth-order valence-corrected chi connectivity index (χ4v) is 4.90. The molecule has 5 heteroatoms. The summed E-state index contributed by atoms with van der Waals surface area (Å²) in [5, 5.41) is 5.60. The SMILES string of the molecule is CCCNCc1sc(CSC2CCCC2)nc1COC. The zero-order chi connectivity index (χ0) is 14.2. The largest absolute Gasteiger partial charge is 0.378 e. The first-order chi connectivity index (χ1) is 9.83. The van der Waals surface area contributed by atoms with Crippen molar-refractivity contribution in [2.75, 3.05) is 13.7 Å². The third kappa shape index (κ3) is 5.02. The molecule has 1 aliphatic rings. The van der Waals surface area contributed by atoms with Gasteiger partial charge in [-0.25, -0.2) is 4.98 Å². The first kappa shape index (κ1) is 16.3. The number of ether oxygens (including phenoxy) is 1. The maximum atomic E-state index is 5.28. The highest BCUT2D eigenvalue weighted by molar-refractivity contribution is 7.99. The summed E-state index contributed by atoms with van der Waals surface area (Å²) in [6.45, 7) is 4.82. The van der Waals surface area contributed by atoms with Gasteiger partial charge in [0.05, 0.1) is 12.3 Å². The predicted octanol–water partition coefficient (Wildman–Crippen LogP) is 3.96. The first-order valence-electron chi connectivity index (χ1n) is 7.62. The van der Waals surface area contributed by atoms with Gasteiger partial charge < -0.3 is 10.1 Å². The Balaban J connectivity index is 1.88. The van der Waals surface area contributed by atoms with Crippen molar-refractivity contribution in [3.8, 4) is 0 Å². The van der Waals surface area contributed by atoms with Crippen LogP contribution in [-0.4, -0.2) is 23.9 Å². The zero-order valence-corrected chi connectivity index (χ0v) is 14.2. The van der Waals surface area contributed by atoms with Gasteiger partial charge in [0.1, 0.15) is 5.01 Å². The third-order valence-electron chi connectivity index (χ3n) is 3.56. The van der Waals surface area contributed by atoms with Crippen molar-refractivity contribution in [3.63, 3.8) is 0 Å². The Hall–Kier alpha value is -0.100. The highest BCUT2D eigenvalue weighted by atomic mass is 32.2. The Kier molecular flexibility index (Phi) is 7.35. The lowest BCUT2D eigenvalue weighted by molar-refractivity contribution is 0.181. The molecule has 0 aromatic carbocycles. The second-order valence-corrected chi connectivity index (χ2v) is 7.76. The van der Waals surface area contributed by atoms with Crippen molar-refractivity contribution < 1.29 is 4.74 Å². The predicted molar refractivity (Wildman–Crippen MR) is 88.4 cm³/mol. The van der Waals surface area contributed by atoms with Gasteiger partial charge >= 0.3 is 0 Å². The number of rotatable bonds is 9. The summed E-state index contributed by atoms with van der Waals surface area (Å²) >= 11 is 3.95. The molecule has 0 saturated heterocycles. The standard InChI is InChI=1S/C15H26N2OS2/c1-3-8-16-9-14-13(10-18-2)17-15(20-14)11-19-12-6-4-5-7-12/h12,16H,3-11H2,1-2H3. The van der Waals surface area contributed by atoms with Crippen LogP contribution < -0.4 is 5.32 Å². The highest BCUT2D eigenvalue weighted by Crippen LogP contribution is 2.33. The second-order valence-electron chi connectivity index (χ2n) is 5.30. The van der Waals surface area contributed by atoms with Crippen LogP contribution in [-0.2, 0) is 23.6 Å². The summed E-state index contributed by atoms with van der Waals surface area (Å²) in [5.41, 5.74) is 1.13. The van der Waals surface area contributed by atoms with Gasteiger partial charge in [-0.2, -0.15) is 11.8 Å². The van der Waals surface area contributed by atoms with Gasteiger partial charge in [-0.1, -0.05) is 19.8 Å². The fraction of sp³-hybridized carbons (Fsp3) is 0.800. The molecular weight excluding hydrogens is 288 g/mol. The summed E-state index contributed by atoms with van der Waals surface area (Å²) in [6.07, 6.45) is 6.79. The van der Waals surface area contributed by atoms with Gasteiger partial charge in [0.2, 0.25) is 0 Å². The molecule has 1 aromatic rings. The monoisotopic (exact) mass is 314 g/mol. The lowest BCUT2D eigenvalue weighted by Gasteiger charge is -2.05. The van der Waals surface area contributed by atoms with Crippen LogP contribution in [0.4, 0.5) is 0 Å². The van der Waals surface area contributed by atoms with Crippen LogP contribution in [0, 0.1) is 0 Å². The van der Waals surface area contributed by atoms with E-state index >= 15 is 0 Å². The van der Waals surface area contributed by atoms with E-state index in [9.17, 15) is 0 Å². The summed E-state index contributed by atoms with van der Waals surface area (Å²) < 4.78 is 5.28. The van der Waals surface area contributed by atoms with E-state index in [1.54, 1.807) is 7.11 Å². The second kappa shape index (κ2) is 9.03. The lowest BCUT2D eigenvalue weighted by atomic mass is 10.3. The molecule has 1 aliphatic carbocycles. The molecule has 1 saturated carbocycles. The molecule has 0 bridgehead atoms. The molecule has 2 rings (SSSR count). The smallest absolute Gasteiger partial charge is 0.103 e. The van der Waals surface area contributed by atoms with E-state index in [0.29, 0.717) is 6.61 Å². The topological polar surface area (TPSA) is 34.2 Å². The molecule has 0 spiro atoms. The molecule has 3 nitrogen and oxygen atoms in total. The van der Waals surface area contributed by atoms with Gasteiger partial charge in [0.25, 0.3) is 0 Å². The van der Waals surface area contributed by atoms with Crippen molar-refractivity contribution in [2.24, 2.45) is 0 Å². The Morgan fingerprint density at radius 2 is 2.20 bits per heavy atom. The van der Waals surface area contributed by atoms with E-state index in [2.05, 4.69) is 24.0 Å². The van der Waals surface area contributed by atoms with Gasteiger partial charge in [-0.15, -0.1) is 11.3 Å². The third-order valence-corrected chi connectivity index (χ3v) is 6.22. The highest BCUT2D eigenvalue weighted by Gasteiger charge is 2.17. The molecule has 0 amide bonds. The number of aromatic nitrogens is 1. The minimum Gasteiger partial charge on any atom is -0.378 e. The number of hydrogen-bond donors (Lipinski definition) is 1. The Labute approximate surface area is 130 Å². The molecule has 1 heterocycles. The normalized spacial score (nSPS) is 16.1. The van der Waals surface area contributed by atoms with Crippen molar-refractivity contribution in [3.05, 3.63) is 15.6 Å². The molecule has 1 fully saturated rings. The maximum Gasteiger partial charge on any atom is 0.103 e. The average Bonchev–Trinajstić information content (AvgIpc) is 3.07. The molecule has 0 atom stereocenters. The molecule has 0 radical (unpaired) electrons. The van der Waals surface area contributed by atoms with Gasteiger partial charge in [-0.05, 0) is 25.8 Å². The van der Waals surface area contributed by atoms with Crippen molar-refractivity contribution in [1.29, 1.82) is 0 Å². The fourth-order valence-electron chi connectivity index (χ4n) is 2.51. The maximum absolute atomic E-state index is 5.28. The quantitative estimate of drug-likeness (QED) is 0.700. The average molecular weight is 315 g/mol. The summed E-state index contributed by atoms with van der Waals surface area (Å²) in [7, 11) is 1.75. The van der Waals surface area contributed by atoms with E-state index < -0.39 is 0 Å².